The van der Waals surface area contributed by atoms with Gasteiger partial charge in [-0.3, -0.25) is 0 Å². The SMILES string of the molecule is CCNC1CCCCC1Cc1nc(CC2CC2)no1. The van der Waals surface area contributed by atoms with Crippen molar-refractivity contribution in [1.29, 1.82) is 0 Å². The first-order valence-electron chi connectivity index (χ1n) is 7.90. The summed E-state index contributed by atoms with van der Waals surface area (Å²) in [5.74, 6) is 3.27. The van der Waals surface area contributed by atoms with E-state index in [1.807, 2.05) is 0 Å². The van der Waals surface area contributed by atoms with Crippen molar-refractivity contribution in [3.05, 3.63) is 11.7 Å². The molecule has 0 aromatic carbocycles. The molecular formula is C15H25N3O. The quantitative estimate of drug-likeness (QED) is 0.857. The van der Waals surface area contributed by atoms with Crippen molar-refractivity contribution in [3.8, 4) is 0 Å². The predicted octanol–water partition coefficient (Wildman–Crippen LogP) is 2.73. The van der Waals surface area contributed by atoms with Gasteiger partial charge in [0.25, 0.3) is 0 Å². The van der Waals surface area contributed by atoms with Gasteiger partial charge in [0.15, 0.2) is 5.82 Å². The third-order valence-electron chi connectivity index (χ3n) is 4.49. The molecule has 4 heteroatoms. The molecule has 1 aromatic rings. The van der Waals surface area contributed by atoms with Gasteiger partial charge in [0, 0.05) is 18.9 Å². The van der Waals surface area contributed by atoms with E-state index in [9.17, 15) is 0 Å². The van der Waals surface area contributed by atoms with Gasteiger partial charge in [-0.1, -0.05) is 24.9 Å². The molecule has 0 spiro atoms. The van der Waals surface area contributed by atoms with Crippen molar-refractivity contribution in [2.75, 3.05) is 6.54 Å². The molecule has 0 amide bonds. The Kier molecular flexibility index (Phi) is 4.16. The van der Waals surface area contributed by atoms with Crippen LogP contribution in [0.15, 0.2) is 4.52 Å². The van der Waals surface area contributed by atoms with Crippen LogP contribution < -0.4 is 5.32 Å². The lowest BCUT2D eigenvalue weighted by Gasteiger charge is -2.31. The molecule has 2 aliphatic carbocycles. The van der Waals surface area contributed by atoms with E-state index in [2.05, 4.69) is 22.4 Å². The van der Waals surface area contributed by atoms with Crippen molar-refractivity contribution >= 4 is 0 Å². The molecule has 1 N–H and O–H groups in total. The summed E-state index contributed by atoms with van der Waals surface area (Å²) in [6, 6.07) is 0.637. The van der Waals surface area contributed by atoms with Crippen LogP contribution in [-0.2, 0) is 12.8 Å². The predicted molar refractivity (Wildman–Crippen MR) is 73.9 cm³/mol. The number of hydrogen-bond donors (Lipinski definition) is 1. The Labute approximate surface area is 115 Å². The Balaban J connectivity index is 1.57. The Morgan fingerprint density at radius 1 is 1.16 bits per heavy atom. The number of nitrogens with one attached hydrogen (secondary N) is 1. The van der Waals surface area contributed by atoms with E-state index in [4.69, 9.17) is 4.52 Å². The summed E-state index contributed by atoms with van der Waals surface area (Å²) in [4.78, 5) is 4.57. The zero-order chi connectivity index (χ0) is 13.1. The smallest absolute Gasteiger partial charge is 0.226 e. The molecule has 0 radical (unpaired) electrons. The maximum absolute atomic E-state index is 5.43. The summed E-state index contributed by atoms with van der Waals surface area (Å²) >= 11 is 0. The molecule has 2 unspecified atom stereocenters. The summed E-state index contributed by atoms with van der Waals surface area (Å²) < 4.78 is 5.43. The zero-order valence-electron chi connectivity index (χ0n) is 11.9. The molecule has 106 valence electrons. The summed E-state index contributed by atoms with van der Waals surface area (Å²) in [6.07, 6.45) is 9.93. The topological polar surface area (TPSA) is 51.0 Å². The molecule has 0 saturated heterocycles. The minimum Gasteiger partial charge on any atom is -0.339 e. The molecule has 2 atom stereocenters. The molecule has 3 rings (SSSR count). The summed E-state index contributed by atoms with van der Waals surface area (Å²) in [5, 5.41) is 7.74. The van der Waals surface area contributed by atoms with Gasteiger partial charge in [-0.25, -0.2) is 0 Å². The minimum atomic E-state index is 0.637. The van der Waals surface area contributed by atoms with Crippen LogP contribution >= 0.6 is 0 Å². The average molecular weight is 263 g/mol. The maximum Gasteiger partial charge on any atom is 0.226 e. The number of rotatable bonds is 6. The first-order valence-corrected chi connectivity index (χ1v) is 7.90. The minimum absolute atomic E-state index is 0.637. The highest BCUT2D eigenvalue weighted by molar-refractivity contribution is 4.94. The average Bonchev–Trinajstić information content (AvgIpc) is 3.11. The number of nitrogens with zero attached hydrogens (tertiary/aromatic N) is 2. The van der Waals surface area contributed by atoms with E-state index in [0.717, 1.165) is 37.0 Å². The lowest BCUT2D eigenvalue weighted by Crippen LogP contribution is -2.39. The molecular weight excluding hydrogens is 238 g/mol. The fraction of sp³-hybridized carbons (Fsp3) is 0.867. The molecule has 1 aromatic heterocycles. The number of aromatic nitrogens is 2. The van der Waals surface area contributed by atoms with Crippen LogP contribution in [0.25, 0.3) is 0 Å². The number of hydrogen-bond acceptors (Lipinski definition) is 4. The van der Waals surface area contributed by atoms with Crippen LogP contribution in [0, 0.1) is 11.8 Å². The molecule has 4 nitrogen and oxygen atoms in total. The molecule has 0 bridgehead atoms. The lowest BCUT2D eigenvalue weighted by atomic mass is 9.82. The summed E-state index contributed by atoms with van der Waals surface area (Å²) in [6.45, 7) is 3.24. The fourth-order valence-corrected chi connectivity index (χ4v) is 3.24. The van der Waals surface area contributed by atoms with E-state index in [1.165, 1.54) is 38.5 Å². The first kappa shape index (κ1) is 13.1. The van der Waals surface area contributed by atoms with Crippen molar-refractivity contribution in [2.24, 2.45) is 11.8 Å². The van der Waals surface area contributed by atoms with Gasteiger partial charge in [0.1, 0.15) is 0 Å². The van der Waals surface area contributed by atoms with E-state index in [0.29, 0.717) is 12.0 Å². The molecule has 2 fully saturated rings. The third-order valence-corrected chi connectivity index (χ3v) is 4.49. The largest absolute Gasteiger partial charge is 0.339 e. The summed E-state index contributed by atoms with van der Waals surface area (Å²) in [7, 11) is 0. The van der Waals surface area contributed by atoms with Crippen LogP contribution in [0.2, 0.25) is 0 Å². The highest BCUT2D eigenvalue weighted by Gasteiger charge is 2.27. The normalized spacial score (nSPS) is 27.6. The second-order valence-electron chi connectivity index (χ2n) is 6.16. The molecule has 19 heavy (non-hydrogen) atoms. The lowest BCUT2D eigenvalue weighted by molar-refractivity contribution is 0.242. The van der Waals surface area contributed by atoms with Crippen LogP contribution in [0.4, 0.5) is 0 Å². The van der Waals surface area contributed by atoms with E-state index < -0.39 is 0 Å². The van der Waals surface area contributed by atoms with Crippen LogP contribution in [0.5, 0.6) is 0 Å². The molecule has 0 aliphatic heterocycles. The van der Waals surface area contributed by atoms with Gasteiger partial charge in [-0.05, 0) is 44.1 Å². The van der Waals surface area contributed by atoms with E-state index in [1.54, 1.807) is 0 Å². The van der Waals surface area contributed by atoms with Gasteiger partial charge in [-0.2, -0.15) is 4.98 Å². The monoisotopic (exact) mass is 263 g/mol. The van der Waals surface area contributed by atoms with E-state index in [-0.39, 0.29) is 0 Å². The van der Waals surface area contributed by atoms with Crippen LogP contribution in [0.1, 0.15) is 57.2 Å². The second-order valence-corrected chi connectivity index (χ2v) is 6.16. The standard InChI is InChI=1S/C15H25N3O/c1-2-16-13-6-4-3-5-12(13)10-15-17-14(18-19-15)9-11-7-8-11/h11-13,16H,2-10H2,1H3. The molecule has 2 aliphatic rings. The highest BCUT2D eigenvalue weighted by Crippen LogP contribution is 2.32. The van der Waals surface area contributed by atoms with Crippen LogP contribution in [-0.4, -0.2) is 22.7 Å². The fourth-order valence-electron chi connectivity index (χ4n) is 3.24. The van der Waals surface area contributed by atoms with Crippen molar-refractivity contribution < 1.29 is 4.52 Å². The molecule has 2 saturated carbocycles. The highest BCUT2D eigenvalue weighted by atomic mass is 16.5. The van der Waals surface area contributed by atoms with Gasteiger partial charge >= 0.3 is 0 Å². The van der Waals surface area contributed by atoms with Gasteiger partial charge in [0.2, 0.25) is 5.89 Å². The Morgan fingerprint density at radius 3 is 2.79 bits per heavy atom. The Morgan fingerprint density at radius 2 is 2.00 bits per heavy atom. The zero-order valence-corrected chi connectivity index (χ0v) is 11.9. The molecule has 1 heterocycles. The second kappa shape index (κ2) is 6.04. The maximum atomic E-state index is 5.43. The van der Waals surface area contributed by atoms with Gasteiger partial charge in [-0.15, -0.1) is 0 Å². The first-order chi connectivity index (χ1) is 9.35. The third kappa shape index (κ3) is 3.56. The Bertz CT molecular complexity index is 398. The van der Waals surface area contributed by atoms with Crippen molar-refractivity contribution in [2.45, 2.75) is 64.3 Å². The van der Waals surface area contributed by atoms with E-state index >= 15 is 0 Å². The van der Waals surface area contributed by atoms with Crippen molar-refractivity contribution in [3.63, 3.8) is 0 Å². The van der Waals surface area contributed by atoms with Crippen LogP contribution in [0.3, 0.4) is 0 Å². The van der Waals surface area contributed by atoms with Gasteiger partial charge in [0.05, 0.1) is 0 Å². The van der Waals surface area contributed by atoms with Crippen molar-refractivity contribution in [1.82, 2.24) is 15.5 Å². The Hall–Kier alpha value is -0.900. The summed E-state index contributed by atoms with van der Waals surface area (Å²) in [5.41, 5.74) is 0. The van der Waals surface area contributed by atoms with Gasteiger partial charge < -0.3 is 9.84 Å².